The van der Waals surface area contributed by atoms with Crippen molar-refractivity contribution < 1.29 is 29.9 Å². The highest BCUT2D eigenvalue weighted by Gasteiger charge is 2.59. The van der Waals surface area contributed by atoms with Gasteiger partial charge in [-0.05, 0) is 110 Å². The molecule has 0 bridgehead atoms. The van der Waals surface area contributed by atoms with Gasteiger partial charge in [0.2, 0.25) is 0 Å². The van der Waals surface area contributed by atoms with E-state index in [4.69, 9.17) is 9.47 Å². The summed E-state index contributed by atoms with van der Waals surface area (Å²) in [6, 6.07) is 0. The van der Waals surface area contributed by atoms with Crippen molar-refractivity contribution in [2.75, 3.05) is 6.61 Å². The van der Waals surface area contributed by atoms with Crippen LogP contribution in [-0.4, -0.2) is 57.9 Å². The van der Waals surface area contributed by atoms with Crippen LogP contribution in [0.4, 0.5) is 0 Å². The Morgan fingerprint density at radius 3 is 2.41 bits per heavy atom. The van der Waals surface area contributed by atoms with E-state index in [1.807, 2.05) is 0 Å². The lowest BCUT2D eigenvalue weighted by Gasteiger charge is -2.58. The minimum absolute atomic E-state index is 0.0806. The molecule has 0 aromatic heterocycles. The van der Waals surface area contributed by atoms with Gasteiger partial charge in [-0.25, -0.2) is 0 Å². The molecule has 3 saturated carbocycles. The van der Waals surface area contributed by atoms with E-state index in [1.54, 1.807) is 0 Å². The molecule has 4 aliphatic carbocycles. The van der Waals surface area contributed by atoms with E-state index in [0.717, 1.165) is 60.7 Å². The summed E-state index contributed by atoms with van der Waals surface area (Å²) >= 11 is 0. The molecule has 0 unspecified atom stereocenters. The van der Waals surface area contributed by atoms with Crippen LogP contribution in [0, 0.1) is 58.2 Å². The second kappa shape index (κ2) is 12.5. The molecule has 6 heteroatoms. The standard InChI is InChI=1S/C35H60O6/c1-7-22(20(2)3)9-8-21(4)27-12-13-28-25-11-10-23-18-24(14-16-34(23,5)29(25)15-17-35(27,28)6)40-33-26(19-36)30(37)31(38)32(39)41-33/h10,20-22,24-33,36-39H,7-9,11-19H2,1-6H3/t21-,22-,24-,25-,26-,27-,28-,29-,30+,31-,32-,33+,34+,35-/m1/s1. The van der Waals surface area contributed by atoms with Crippen molar-refractivity contribution in [3.63, 3.8) is 0 Å². The van der Waals surface area contributed by atoms with Crippen LogP contribution in [0.15, 0.2) is 11.6 Å². The first-order chi connectivity index (χ1) is 19.4. The lowest BCUT2D eigenvalue weighted by molar-refractivity contribution is -0.341. The lowest BCUT2D eigenvalue weighted by Crippen LogP contribution is -2.57. The molecule has 1 saturated heterocycles. The van der Waals surface area contributed by atoms with Crippen LogP contribution in [0.5, 0.6) is 0 Å². The van der Waals surface area contributed by atoms with Crippen molar-refractivity contribution in [1.82, 2.24) is 0 Å². The summed E-state index contributed by atoms with van der Waals surface area (Å²) in [6.07, 6.45) is 10.9. The molecule has 1 aliphatic heterocycles. The highest BCUT2D eigenvalue weighted by atomic mass is 16.7. The van der Waals surface area contributed by atoms with Crippen LogP contribution in [-0.2, 0) is 9.47 Å². The van der Waals surface area contributed by atoms with Gasteiger partial charge in [0.05, 0.1) is 24.7 Å². The molecular weight excluding hydrogens is 516 g/mol. The van der Waals surface area contributed by atoms with E-state index in [-0.39, 0.29) is 18.1 Å². The Morgan fingerprint density at radius 2 is 1.73 bits per heavy atom. The predicted molar refractivity (Wildman–Crippen MR) is 161 cm³/mol. The van der Waals surface area contributed by atoms with Crippen LogP contribution in [0.3, 0.4) is 0 Å². The molecule has 0 aromatic carbocycles. The molecule has 0 spiro atoms. The normalized spacial score (nSPS) is 47.7. The number of aliphatic hydroxyl groups excluding tert-OH is 4. The second-order valence-corrected chi connectivity index (χ2v) is 15.7. The quantitative estimate of drug-likeness (QED) is 0.249. The lowest BCUT2D eigenvalue weighted by atomic mass is 9.47. The summed E-state index contributed by atoms with van der Waals surface area (Å²) in [6.45, 7) is 14.5. The summed E-state index contributed by atoms with van der Waals surface area (Å²) in [5.74, 6) is 4.89. The van der Waals surface area contributed by atoms with Crippen molar-refractivity contribution in [3.05, 3.63) is 11.6 Å². The average Bonchev–Trinajstić information content (AvgIpc) is 3.29. The second-order valence-electron chi connectivity index (χ2n) is 15.7. The molecule has 0 amide bonds. The molecule has 0 aromatic rings. The fraction of sp³-hybridized carbons (Fsp3) is 0.943. The van der Waals surface area contributed by atoms with Crippen molar-refractivity contribution in [2.24, 2.45) is 58.2 Å². The highest BCUT2D eigenvalue weighted by Crippen LogP contribution is 2.67. The average molecular weight is 577 g/mol. The zero-order valence-corrected chi connectivity index (χ0v) is 26.7. The van der Waals surface area contributed by atoms with Crippen molar-refractivity contribution >= 4 is 0 Å². The number of allylic oxidation sites excluding steroid dienone is 1. The first-order valence-corrected chi connectivity index (χ1v) is 17.1. The van der Waals surface area contributed by atoms with Gasteiger partial charge >= 0.3 is 0 Å². The third-order valence-electron chi connectivity index (χ3n) is 13.5. The fourth-order valence-corrected chi connectivity index (χ4v) is 10.8. The molecule has 236 valence electrons. The highest BCUT2D eigenvalue weighted by molar-refractivity contribution is 5.25. The van der Waals surface area contributed by atoms with Gasteiger partial charge in [-0.15, -0.1) is 0 Å². The fourth-order valence-electron chi connectivity index (χ4n) is 10.8. The Bertz CT molecular complexity index is 920. The molecule has 14 atom stereocenters. The summed E-state index contributed by atoms with van der Waals surface area (Å²) < 4.78 is 11.8. The number of ether oxygens (including phenoxy) is 2. The molecule has 4 fully saturated rings. The van der Waals surface area contributed by atoms with E-state index in [2.05, 4.69) is 47.6 Å². The SMILES string of the molecule is CC[C@H](CC[C@@H](C)[C@H]1CC[C@@H]2[C@H]3CC=C4C[C@H](O[C@H]5O[C@@H](O)[C@H](O)[C@@H](O)[C@H]5CO)CC[C@]4(C)[C@@H]3CC[C@@]21C)C(C)C. The minimum Gasteiger partial charge on any atom is -0.396 e. The Balaban J connectivity index is 1.24. The Hall–Kier alpha value is -0.500. The van der Waals surface area contributed by atoms with Crippen molar-refractivity contribution in [3.8, 4) is 0 Å². The Labute approximate surface area is 249 Å². The smallest absolute Gasteiger partial charge is 0.186 e. The maximum Gasteiger partial charge on any atom is 0.186 e. The molecular formula is C35H60O6. The summed E-state index contributed by atoms with van der Waals surface area (Å²) in [7, 11) is 0. The molecule has 0 radical (unpaired) electrons. The van der Waals surface area contributed by atoms with Crippen molar-refractivity contribution in [1.29, 1.82) is 0 Å². The first-order valence-electron chi connectivity index (χ1n) is 17.1. The van der Waals surface area contributed by atoms with E-state index in [0.29, 0.717) is 5.41 Å². The number of hydrogen-bond acceptors (Lipinski definition) is 6. The van der Waals surface area contributed by atoms with Gasteiger partial charge in [0.25, 0.3) is 0 Å². The summed E-state index contributed by atoms with van der Waals surface area (Å²) in [4.78, 5) is 0. The van der Waals surface area contributed by atoms with Gasteiger partial charge in [0.15, 0.2) is 12.6 Å². The number of rotatable bonds is 9. The molecule has 5 aliphatic rings. The molecule has 41 heavy (non-hydrogen) atoms. The van der Waals surface area contributed by atoms with Crippen LogP contribution < -0.4 is 0 Å². The maximum absolute atomic E-state index is 10.4. The van der Waals surface area contributed by atoms with Crippen LogP contribution in [0.1, 0.15) is 112 Å². The largest absolute Gasteiger partial charge is 0.396 e. The van der Waals surface area contributed by atoms with E-state index in [1.165, 1.54) is 56.9 Å². The molecule has 1 heterocycles. The zero-order valence-electron chi connectivity index (χ0n) is 26.7. The van der Waals surface area contributed by atoms with Crippen LogP contribution in [0.2, 0.25) is 0 Å². The minimum atomic E-state index is -1.51. The van der Waals surface area contributed by atoms with Gasteiger partial charge in [0, 0.05) is 0 Å². The van der Waals surface area contributed by atoms with E-state index >= 15 is 0 Å². The van der Waals surface area contributed by atoms with Crippen LogP contribution >= 0.6 is 0 Å². The maximum atomic E-state index is 10.4. The van der Waals surface area contributed by atoms with E-state index < -0.39 is 30.7 Å². The van der Waals surface area contributed by atoms with Gasteiger partial charge < -0.3 is 29.9 Å². The Kier molecular flexibility index (Phi) is 9.71. The Morgan fingerprint density at radius 1 is 0.976 bits per heavy atom. The number of fused-ring (bicyclic) bond motifs is 5. The summed E-state index contributed by atoms with van der Waals surface area (Å²) in [5.41, 5.74) is 2.20. The van der Waals surface area contributed by atoms with E-state index in [9.17, 15) is 20.4 Å². The third-order valence-corrected chi connectivity index (χ3v) is 13.5. The van der Waals surface area contributed by atoms with Crippen LogP contribution in [0.25, 0.3) is 0 Å². The molecule has 5 rings (SSSR count). The van der Waals surface area contributed by atoms with Gasteiger partial charge in [-0.3, -0.25) is 0 Å². The topological polar surface area (TPSA) is 99.4 Å². The predicted octanol–water partition coefficient (Wildman–Crippen LogP) is 6.05. The van der Waals surface area contributed by atoms with Gasteiger partial charge in [-0.2, -0.15) is 0 Å². The van der Waals surface area contributed by atoms with Gasteiger partial charge in [0.1, 0.15) is 6.10 Å². The zero-order chi connectivity index (χ0) is 29.7. The molecule has 6 nitrogen and oxygen atoms in total. The molecule has 4 N–H and O–H groups in total. The van der Waals surface area contributed by atoms with Gasteiger partial charge in [-0.1, -0.05) is 66.0 Å². The summed E-state index contributed by atoms with van der Waals surface area (Å²) in [5, 5.41) is 40.2. The first kappa shape index (κ1) is 31.9. The third kappa shape index (κ3) is 5.73. The monoisotopic (exact) mass is 576 g/mol. The number of hydrogen-bond donors (Lipinski definition) is 4. The number of aliphatic hydroxyl groups is 4. The van der Waals surface area contributed by atoms with Crippen molar-refractivity contribution in [2.45, 2.75) is 143 Å².